The standard InChI is InChI=1S/C132H88Si/c1-13-43-89(44-14-1)105-67-37-73-111(125(105)95-55-25-7-26-56-95)101-79-81-117-121(85-101)133(123-87-103(113-75-39-69-107(91-47-17-3-18-48-91)127(113)97-59-29-9-30-60-97)83-119(131(117)123)115-77-41-71-109(93-51-21-5-22-52-93)129(115)99-63-33-11-34-64-99)122-86-102(112-74-38-68-106(90-45-15-2-16-46-90)126(112)96-57-27-8-28-58-96)80-82-118(122)132-120(116-78-42-72-110(94-53-23-6-24-54-94)130(116)100-65-35-12-36-66-100)84-104(88-124(132)133)114-76-40-70-108(92-49-19-4-20-50-92)128(114)98-61-31-10-32-62-98/h1-88H. The summed E-state index contributed by atoms with van der Waals surface area (Å²) in [5.74, 6) is 0. The van der Waals surface area contributed by atoms with Crippen LogP contribution in [0.15, 0.2) is 534 Å². The van der Waals surface area contributed by atoms with E-state index >= 15 is 0 Å². The zero-order valence-electron chi connectivity index (χ0n) is 73.3. The highest BCUT2D eigenvalue weighted by molar-refractivity contribution is 7.24. The maximum Gasteiger partial charge on any atom is 0.182 e. The van der Waals surface area contributed by atoms with Crippen LogP contribution in [0, 0.1) is 0 Å². The van der Waals surface area contributed by atoms with Crippen molar-refractivity contribution in [3.05, 3.63) is 534 Å². The normalized spacial score (nSPS) is 12.0. The van der Waals surface area contributed by atoms with Gasteiger partial charge >= 0.3 is 0 Å². The van der Waals surface area contributed by atoms with Crippen molar-refractivity contribution in [2.75, 3.05) is 0 Å². The summed E-state index contributed by atoms with van der Waals surface area (Å²) in [5.41, 5.74) is 46.5. The van der Waals surface area contributed by atoms with Crippen LogP contribution in [0.2, 0.25) is 0 Å². The van der Waals surface area contributed by atoms with Crippen molar-refractivity contribution >= 4 is 28.8 Å². The predicted octanol–water partition coefficient (Wildman–Crippen LogP) is 33.0. The average molecular weight is 1700 g/mol. The van der Waals surface area contributed by atoms with Crippen molar-refractivity contribution in [2.45, 2.75) is 0 Å². The molecule has 2 aliphatic heterocycles. The molecule has 22 aromatic carbocycles. The Hall–Kier alpha value is -16.9. The minimum Gasteiger partial charge on any atom is -0.0622 e. The van der Waals surface area contributed by atoms with E-state index in [-0.39, 0.29) is 0 Å². The highest BCUT2D eigenvalue weighted by Crippen LogP contribution is 2.55. The molecule has 0 radical (unpaired) electrons. The first kappa shape index (κ1) is 79.5. The van der Waals surface area contributed by atoms with Crippen LogP contribution in [0.1, 0.15) is 0 Å². The highest BCUT2D eigenvalue weighted by atomic mass is 28.3. The van der Waals surface area contributed by atoms with Crippen LogP contribution < -0.4 is 20.7 Å². The number of rotatable bonds is 18. The zero-order chi connectivity index (χ0) is 88.1. The van der Waals surface area contributed by atoms with Crippen LogP contribution in [0.3, 0.4) is 0 Å². The van der Waals surface area contributed by atoms with Gasteiger partial charge in [0.05, 0.1) is 0 Å². The van der Waals surface area contributed by atoms with Crippen molar-refractivity contribution in [1.82, 2.24) is 0 Å². The van der Waals surface area contributed by atoms with E-state index in [1.807, 2.05) is 0 Å². The molecular weight excluding hydrogens is 1610 g/mol. The Morgan fingerprint density at radius 2 is 0.248 bits per heavy atom. The molecule has 0 saturated carbocycles. The van der Waals surface area contributed by atoms with E-state index in [0.29, 0.717) is 0 Å². The monoisotopic (exact) mass is 1700 g/mol. The molecule has 0 unspecified atom stereocenters. The van der Waals surface area contributed by atoms with Gasteiger partial charge in [0, 0.05) is 0 Å². The van der Waals surface area contributed by atoms with Gasteiger partial charge in [-0.1, -0.05) is 522 Å². The third kappa shape index (κ3) is 13.9. The van der Waals surface area contributed by atoms with Gasteiger partial charge in [-0.05, 0) is 255 Å². The summed E-state index contributed by atoms with van der Waals surface area (Å²) in [6.07, 6.45) is 0. The molecule has 0 bridgehead atoms. The third-order valence-electron chi connectivity index (χ3n) is 27.6. The molecule has 1 heteroatoms. The van der Waals surface area contributed by atoms with Crippen molar-refractivity contribution in [3.63, 3.8) is 0 Å². The number of hydrogen-bond acceptors (Lipinski definition) is 0. The van der Waals surface area contributed by atoms with Gasteiger partial charge < -0.3 is 0 Å². The summed E-state index contributed by atoms with van der Waals surface area (Å²) in [5, 5.41) is 5.30. The number of hydrogen-bond donors (Lipinski definition) is 0. The molecule has 0 N–H and O–H groups in total. The first-order valence-electron chi connectivity index (χ1n) is 46.2. The second kappa shape index (κ2) is 34.2. The van der Waals surface area contributed by atoms with Crippen LogP contribution in [0.4, 0.5) is 0 Å². The summed E-state index contributed by atoms with van der Waals surface area (Å²) in [7, 11) is -4.18. The van der Waals surface area contributed by atoms with Gasteiger partial charge in [-0.3, -0.25) is 0 Å². The van der Waals surface area contributed by atoms with E-state index in [1.54, 1.807) is 0 Å². The molecule has 133 heavy (non-hydrogen) atoms. The number of fused-ring (bicyclic) bond motifs is 10. The number of benzene rings is 22. The maximum absolute atomic E-state index is 4.18. The minimum atomic E-state index is -4.18. The molecular formula is C132H88Si. The smallest absolute Gasteiger partial charge is 0.0622 e. The topological polar surface area (TPSA) is 0 Å². The Labute approximate surface area is 779 Å². The van der Waals surface area contributed by atoms with Crippen LogP contribution in [-0.4, -0.2) is 8.07 Å². The SMILES string of the molecule is c1ccc(-c2cccc(-c3ccc4c(c3)[Si]3(c5cc(-c6cccc(-c7ccccc7)c6-c6ccccc6)ccc5-c5c(-c6cccc(-c7ccccc7)c6-c6ccccc6)cc(-c6cccc(-c7ccccc7)c6-c6ccccc6)cc53)c3cc(-c5cccc(-c6ccccc6)c5-c5ccccc5)cc(-c5cccc(-c6ccccc6)c5-c5ccccc5)c3-4)c2-c2ccccc2)cc1. The van der Waals surface area contributed by atoms with E-state index in [4.69, 9.17) is 0 Å². The molecule has 0 amide bonds. The van der Waals surface area contributed by atoms with Gasteiger partial charge in [-0.15, -0.1) is 0 Å². The van der Waals surface area contributed by atoms with Crippen LogP contribution in [-0.2, 0) is 0 Å². The van der Waals surface area contributed by atoms with Gasteiger partial charge in [0.2, 0.25) is 0 Å². The van der Waals surface area contributed by atoms with Crippen LogP contribution in [0.5, 0.6) is 0 Å². The quantitative estimate of drug-likeness (QED) is 0.0751. The van der Waals surface area contributed by atoms with E-state index in [0.717, 1.165) is 156 Å². The summed E-state index contributed by atoms with van der Waals surface area (Å²) in [4.78, 5) is 0. The molecule has 620 valence electrons. The van der Waals surface area contributed by atoms with Crippen molar-refractivity contribution < 1.29 is 0 Å². The lowest BCUT2D eigenvalue weighted by molar-refractivity contribution is 1.54. The minimum absolute atomic E-state index is 1.13. The average Bonchev–Trinajstić information content (AvgIpc) is 1.49. The Morgan fingerprint density at radius 1 is 0.0827 bits per heavy atom. The Morgan fingerprint density at radius 3 is 0.459 bits per heavy atom. The van der Waals surface area contributed by atoms with Gasteiger partial charge in [0.15, 0.2) is 8.07 Å². The molecule has 22 aromatic rings. The molecule has 2 aliphatic rings. The summed E-state index contributed by atoms with van der Waals surface area (Å²) >= 11 is 0. The van der Waals surface area contributed by atoms with Crippen molar-refractivity contribution in [1.29, 1.82) is 0 Å². The van der Waals surface area contributed by atoms with E-state index in [1.165, 1.54) is 87.5 Å². The molecule has 0 fully saturated rings. The van der Waals surface area contributed by atoms with E-state index in [9.17, 15) is 0 Å². The molecule has 0 saturated heterocycles. The third-order valence-corrected chi connectivity index (χ3v) is 32.4. The van der Waals surface area contributed by atoms with Crippen molar-refractivity contribution in [2.24, 2.45) is 0 Å². The van der Waals surface area contributed by atoms with Gasteiger partial charge in [0.25, 0.3) is 0 Å². The fraction of sp³-hybridized carbons (Fsp3) is 0. The van der Waals surface area contributed by atoms with Crippen LogP contribution >= 0.6 is 0 Å². The fourth-order valence-electron chi connectivity index (χ4n) is 21.9. The maximum atomic E-state index is 2.75. The van der Waals surface area contributed by atoms with Gasteiger partial charge in [0.1, 0.15) is 0 Å². The highest BCUT2D eigenvalue weighted by Gasteiger charge is 2.56. The lowest BCUT2D eigenvalue weighted by atomic mass is 9.82. The van der Waals surface area contributed by atoms with E-state index in [2.05, 4.69) is 534 Å². The first-order chi connectivity index (χ1) is 66.1. The zero-order valence-corrected chi connectivity index (χ0v) is 74.3. The molecule has 1 spiro atoms. The summed E-state index contributed by atoms with van der Waals surface area (Å²) in [6, 6.07) is 202. The van der Waals surface area contributed by atoms with Gasteiger partial charge in [-0.2, -0.15) is 0 Å². The lowest BCUT2D eigenvalue weighted by Gasteiger charge is -2.31. The molecule has 0 aliphatic carbocycles. The summed E-state index contributed by atoms with van der Waals surface area (Å²) < 4.78 is 0. The molecule has 2 heterocycles. The predicted molar refractivity (Wildman–Crippen MR) is 566 cm³/mol. The van der Waals surface area contributed by atoms with Crippen molar-refractivity contribution in [3.8, 4) is 223 Å². The Bertz CT molecular complexity index is 7640. The summed E-state index contributed by atoms with van der Waals surface area (Å²) in [6.45, 7) is 0. The largest absolute Gasteiger partial charge is 0.182 e. The Kier molecular flexibility index (Phi) is 20.5. The second-order valence-corrected chi connectivity index (χ2v) is 38.6. The fourth-order valence-corrected chi connectivity index (χ4v) is 27.7. The molecule has 0 atom stereocenters. The molecule has 24 rings (SSSR count). The lowest BCUT2D eigenvalue weighted by Crippen LogP contribution is -2.71. The second-order valence-electron chi connectivity index (χ2n) is 34.9. The van der Waals surface area contributed by atoms with E-state index < -0.39 is 8.07 Å². The molecule has 0 nitrogen and oxygen atoms in total. The Balaban J connectivity index is 0.937. The first-order valence-corrected chi connectivity index (χ1v) is 48.2. The van der Waals surface area contributed by atoms with Gasteiger partial charge in [-0.25, -0.2) is 0 Å². The van der Waals surface area contributed by atoms with Crippen LogP contribution in [0.25, 0.3) is 223 Å². The molecule has 0 aromatic heterocycles.